The van der Waals surface area contributed by atoms with Crippen LogP contribution in [-0.4, -0.2) is 30.1 Å². The molecule has 1 aliphatic rings. The van der Waals surface area contributed by atoms with Crippen LogP contribution in [0.15, 0.2) is 48.5 Å². The van der Waals surface area contributed by atoms with E-state index in [0.29, 0.717) is 16.8 Å². The first kappa shape index (κ1) is 17.0. The topological polar surface area (TPSA) is 69.6 Å². The minimum absolute atomic E-state index is 0.121. The zero-order chi connectivity index (χ0) is 17.6. The average molecular weight is 338 g/mol. The Hall–Kier alpha value is -2.82. The Morgan fingerprint density at radius 1 is 0.960 bits per heavy atom. The first-order valence-corrected chi connectivity index (χ1v) is 8.59. The molecular weight excluding hydrogens is 316 g/mol. The molecule has 3 rings (SSSR count). The standard InChI is InChI=1S/C20H22N2O3/c23-19(24)14-16-6-2-3-7-18(16)21-20(25)15-8-10-17(11-9-15)22-12-4-1-5-13-22/h2-3,6-11H,1,4-5,12-14H2,(H,21,25)(H,23,24). The highest BCUT2D eigenvalue weighted by Gasteiger charge is 2.13. The van der Waals surface area contributed by atoms with Gasteiger partial charge in [-0.05, 0) is 55.2 Å². The fourth-order valence-electron chi connectivity index (χ4n) is 3.13. The van der Waals surface area contributed by atoms with Gasteiger partial charge in [0.25, 0.3) is 5.91 Å². The van der Waals surface area contributed by atoms with Gasteiger partial charge in [0.2, 0.25) is 0 Å². The lowest BCUT2D eigenvalue weighted by Crippen LogP contribution is -2.29. The Morgan fingerprint density at radius 2 is 1.64 bits per heavy atom. The maximum Gasteiger partial charge on any atom is 0.307 e. The molecule has 130 valence electrons. The van der Waals surface area contributed by atoms with Crippen molar-refractivity contribution in [2.45, 2.75) is 25.7 Å². The first-order valence-electron chi connectivity index (χ1n) is 8.59. The Kier molecular flexibility index (Phi) is 5.33. The van der Waals surface area contributed by atoms with Crippen LogP contribution in [0.25, 0.3) is 0 Å². The van der Waals surface area contributed by atoms with E-state index in [2.05, 4.69) is 10.2 Å². The number of para-hydroxylation sites is 1. The molecular formula is C20H22N2O3. The minimum atomic E-state index is -0.924. The van der Waals surface area contributed by atoms with Gasteiger partial charge in [-0.1, -0.05) is 18.2 Å². The van der Waals surface area contributed by atoms with E-state index in [0.717, 1.165) is 18.8 Å². The Bertz CT molecular complexity index is 750. The van der Waals surface area contributed by atoms with Crippen molar-refractivity contribution in [3.63, 3.8) is 0 Å². The van der Waals surface area contributed by atoms with Crippen LogP contribution in [-0.2, 0) is 11.2 Å². The second-order valence-electron chi connectivity index (χ2n) is 6.28. The molecule has 0 bridgehead atoms. The highest BCUT2D eigenvalue weighted by atomic mass is 16.4. The van der Waals surface area contributed by atoms with E-state index in [9.17, 15) is 9.59 Å². The second-order valence-corrected chi connectivity index (χ2v) is 6.28. The van der Waals surface area contributed by atoms with Gasteiger partial charge < -0.3 is 15.3 Å². The molecule has 5 heteroatoms. The molecule has 0 saturated carbocycles. The molecule has 2 aromatic rings. The van der Waals surface area contributed by atoms with Gasteiger partial charge in [0, 0.05) is 30.0 Å². The summed E-state index contributed by atoms with van der Waals surface area (Å²) in [6.07, 6.45) is 3.59. The summed E-state index contributed by atoms with van der Waals surface area (Å²) >= 11 is 0. The summed E-state index contributed by atoms with van der Waals surface area (Å²) < 4.78 is 0. The van der Waals surface area contributed by atoms with Crippen LogP contribution in [0.1, 0.15) is 35.2 Å². The highest BCUT2D eigenvalue weighted by Crippen LogP contribution is 2.21. The van der Waals surface area contributed by atoms with E-state index < -0.39 is 5.97 Å². The molecule has 0 spiro atoms. The van der Waals surface area contributed by atoms with Crippen LogP contribution in [0.2, 0.25) is 0 Å². The van der Waals surface area contributed by atoms with Crippen molar-refractivity contribution in [3.8, 4) is 0 Å². The number of anilines is 2. The number of hydrogen-bond donors (Lipinski definition) is 2. The number of amides is 1. The normalized spacial score (nSPS) is 14.2. The van der Waals surface area contributed by atoms with Crippen molar-refractivity contribution in [2.75, 3.05) is 23.3 Å². The van der Waals surface area contributed by atoms with Crippen molar-refractivity contribution in [2.24, 2.45) is 0 Å². The number of carbonyl (C=O) groups is 2. The van der Waals surface area contributed by atoms with E-state index in [-0.39, 0.29) is 12.3 Å². The number of benzene rings is 2. The number of aliphatic carboxylic acids is 1. The van der Waals surface area contributed by atoms with Crippen LogP contribution in [0, 0.1) is 0 Å². The van der Waals surface area contributed by atoms with Gasteiger partial charge in [-0.3, -0.25) is 9.59 Å². The summed E-state index contributed by atoms with van der Waals surface area (Å²) in [5, 5.41) is 11.8. The third-order valence-electron chi connectivity index (χ3n) is 4.46. The largest absolute Gasteiger partial charge is 0.481 e. The van der Waals surface area contributed by atoms with Crippen LogP contribution < -0.4 is 10.2 Å². The molecule has 1 amide bonds. The van der Waals surface area contributed by atoms with E-state index in [1.807, 2.05) is 24.3 Å². The number of carboxylic acid groups (broad SMARTS) is 1. The van der Waals surface area contributed by atoms with Gasteiger partial charge in [-0.15, -0.1) is 0 Å². The molecule has 2 N–H and O–H groups in total. The zero-order valence-corrected chi connectivity index (χ0v) is 14.1. The van der Waals surface area contributed by atoms with E-state index in [4.69, 9.17) is 5.11 Å². The Morgan fingerprint density at radius 3 is 2.32 bits per heavy atom. The number of nitrogens with one attached hydrogen (secondary N) is 1. The van der Waals surface area contributed by atoms with Gasteiger partial charge in [0.15, 0.2) is 0 Å². The molecule has 5 nitrogen and oxygen atoms in total. The lowest BCUT2D eigenvalue weighted by Gasteiger charge is -2.28. The SMILES string of the molecule is O=C(O)Cc1ccccc1NC(=O)c1ccc(N2CCCCC2)cc1. The molecule has 0 aliphatic carbocycles. The fraction of sp³-hybridized carbons (Fsp3) is 0.300. The molecule has 0 aromatic heterocycles. The quantitative estimate of drug-likeness (QED) is 0.875. The molecule has 1 aliphatic heterocycles. The second kappa shape index (κ2) is 7.83. The summed E-state index contributed by atoms with van der Waals surface area (Å²) in [4.78, 5) is 25.8. The lowest BCUT2D eigenvalue weighted by molar-refractivity contribution is -0.136. The number of carboxylic acids is 1. The highest BCUT2D eigenvalue weighted by molar-refractivity contribution is 6.05. The summed E-state index contributed by atoms with van der Waals surface area (Å²) in [5.41, 5.74) is 2.83. The minimum Gasteiger partial charge on any atom is -0.481 e. The third-order valence-corrected chi connectivity index (χ3v) is 4.46. The smallest absolute Gasteiger partial charge is 0.307 e. The van der Waals surface area contributed by atoms with Crippen molar-refractivity contribution in [1.29, 1.82) is 0 Å². The fourth-order valence-corrected chi connectivity index (χ4v) is 3.13. The van der Waals surface area contributed by atoms with Gasteiger partial charge in [0.05, 0.1) is 6.42 Å². The van der Waals surface area contributed by atoms with Crippen LogP contribution in [0.5, 0.6) is 0 Å². The predicted molar refractivity (Wildman–Crippen MR) is 98.2 cm³/mol. The zero-order valence-electron chi connectivity index (χ0n) is 14.1. The number of nitrogens with zero attached hydrogens (tertiary/aromatic N) is 1. The maximum absolute atomic E-state index is 12.5. The molecule has 1 saturated heterocycles. The molecule has 0 unspecified atom stereocenters. The summed E-state index contributed by atoms with van der Waals surface area (Å²) in [6.45, 7) is 2.13. The number of hydrogen-bond acceptors (Lipinski definition) is 3. The van der Waals surface area contributed by atoms with Crippen LogP contribution in [0.3, 0.4) is 0 Å². The van der Waals surface area contributed by atoms with Gasteiger partial charge in [-0.25, -0.2) is 0 Å². The van der Waals surface area contributed by atoms with Gasteiger partial charge >= 0.3 is 5.97 Å². The van der Waals surface area contributed by atoms with Gasteiger partial charge in [-0.2, -0.15) is 0 Å². The Labute approximate surface area is 147 Å². The van der Waals surface area contributed by atoms with Crippen molar-refractivity contribution < 1.29 is 14.7 Å². The number of carbonyl (C=O) groups excluding carboxylic acids is 1. The average Bonchev–Trinajstić information content (AvgIpc) is 2.64. The van der Waals surface area contributed by atoms with Crippen molar-refractivity contribution in [3.05, 3.63) is 59.7 Å². The lowest BCUT2D eigenvalue weighted by atomic mass is 10.1. The molecule has 0 radical (unpaired) electrons. The molecule has 2 aromatic carbocycles. The first-order chi connectivity index (χ1) is 12.1. The summed E-state index contributed by atoms with van der Waals surface area (Å²) in [7, 11) is 0. The predicted octanol–water partition coefficient (Wildman–Crippen LogP) is 3.56. The van der Waals surface area contributed by atoms with Crippen LogP contribution >= 0.6 is 0 Å². The maximum atomic E-state index is 12.5. The Balaban J connectivity index is 1.70. The van der Waals surface area contributed by atoms with E-state index in [1.54, 1.807) is 24.3 Å². The van der Waals surface area contributed by atoms with Crippen LogP contribution in [0.4, 0.5) is 11.4 Å². The number of piperidine rings is 1. The molecule has 1 heterocycles. The number of rotatable bonds is 5. The molecule has 1 fully saturated rings. The van der Waals surface area contributed by atoms with E-state index >= 15 is 0 Å². The summed E-state index contributed by atoms with van der Waals surface area (Å²) in [5.74, 6) is -1.16. The molecule has 25 heavy (non-hydrogen) atoms. The summed E-state index contributed by atoms with van der Waals surface area (Å²) in [6, 6.07) is 14.6. The van der Waals surface area contributed by atoms with Gasteiger partial charge in [0.1, 0.15) is 0 Å². The third kappa shape index (κ3) is 4.38. The molecule has 0 atom stereocenters. The van der Waals surface area contributed by atoms with Crippen molar-refractivity contribution in [1.82, 2.24) is 0 Å². The van der Waals surface area contributed by atoms with E-state index in [1.165, 1.54) is 19.3 Å². The monoisotopic (exact) mass is 338 g/mol. The van der Waals surface area contributed by atoms with Crippen molar-refractivity contribution >= 4 is 23.3 Å².